The minimum absolute atomic E-state index is 0.226. The second kappa shape index (κ2) is 7.10. The zero-order chi connectivity index (χ0) is 16.9. The highest BCUT2D eigenvalue weighted by molar-refractivity contribution is 7.13. The number of nitrogens with one attached hydrogen (secondary N) is 1. The van der Waals surface area contributed by atoms with Gasteiger partial charge in [0.1, 0.15) is 0 Å². The van der Waals surface area contributed by atoms with Crippen molar-refractivity contribution in [3.63, 3.8) is 0 Å². The van der Waals surface area contributed by atoms with Crippen LogP contribution in [0.5, 0.6) is 0 Å². The van der Waals surface area contributed by atoms with E-state index < -0.39 is 5.97 Å². The number of aromatic nitrogens is 1. The maximum Gasteiger partial charge on any atom is 0.337 e. The number of nitrogens with zero attached hydrogens (tertiary/aromatic N) is 1. The summed E-state index contributed by atoms with van der Waals surface area (Å²) < 4.78 is 9.82. The van der Waals surface area contributed by atoms with Gasteiger partial charge in [0, 0.05) is 12.6 Å². The van der Waals surface area contributed by atoms with Crippen molar-refractivity contribution < 1.29 is 18.8 Å². The standard InChI is InChI=1S/C17H14N2O4S/c1-22-17(21)12-6-4-11(5-7-12)10-18-16(20)13-9-14(23-19-13)15-3-2-8-24-15/h2-9H,10H2,1H3,(H,18,20). The molecule has 0 aliphatic carbocycles. The molecule has 0 unspecified atom stereocenters. The molecule has 2 heterocycles. The monoisotopic (exact) mass is 342 g/mol. The van der Waals surface area contributed by atoms with E-state index in [0.29, 0.717) is 17.9 Å². The van der Waals surface area contributed by atoms with Crippen LogP contribution in [0.3, 0.4) is 0 Å². The van der Waals surface area contributed by atoms with Crippen molar-refractivity contribution in [3.8, 4) is 10.6 Å². The molecule has 7 heteroatoms. The fourth-order valence-corrected chi connectivity index (χ4v) is 2.74. The van der Waals surface area contributed by atoms with Gasteiger partial charge in [-0.05, 0) is 29.1 Å². The quantitative estimate of drug-likeness (QED) is 0.721. The van der Waals surface area contributed by atoms with Crippen LogP contribution >= 0.6 is 11.3 Å². The number of thiophene rings is 1. The van der Waals surface area contributed by atoms with E-state index in [-0.39, 0.29) is 11.6 Å². The smallest absolute Gasteiger partial charge is 0.337 e. The number of ether oxygens (including phenoxy) is 1. The summed E-state index contributed by atoms with van der Waals surface area (Å²) in [5.41, 5.74) is 1.55. The molecule has 0 bridgehead atoms. The van der Waals surface area contributed by atoms with Gasteiger partial charge in [-0.1, -0.05) is 23.4 Å². The number of hydrogen-bond donors (Lipinski definition) is 1. The third kappa shape index (κ3) is 3.52. The number of carbonyl (C=O) groups excluding carboxylic acids is 2. The number of amides is 1. The Morgan fingerprint density at radius 1 is 1.25 bits per heavy atom. The average Bonchev–Trinajstić information content (AvgIpc) is 3.30. The molecule has 1 N–H and O–H groups in total. The largest absolute Gasteiger partial charge is 0.465 e. The van der Waals surface area contributed by atoms with Gasteiger partial charge in [0.2, 0.25) is 0 Å². The summed E-state index contributed by atoms with van der Waals surface area (Å²) >= 11 is 1.51. The summed E-state index contributed by atoms with van der Waals surface area (Å²) in [5, 5.41) is 8.48. The minimum Gasteiger partial charge on any atom is -0.465 e. The van der Waals surface area contributed by atoms with E-state index in [9.17, 15) is 9.59 Å². The molecule has 24 heavy (non-hydrogen) atoms. The number of esters is 1. The Labute approximate surface area is 142 Å². The van der Waals surface area contributed by atoms with Crippen molar-refractivity contribution in [1.82, 2.24) is 10.5 Å². The zero-order valence-corrected chi connectivity index (χ0v) is 13.6. The van der Waals surface area contributed by atoms with Crippen LogP contribution in [0.1, 0.15) is 26.4 Å². The highest BCUT2D eigenvalue weighted by Crippen LogP contribution is 2.25. The van der Waals surface area contributed by atoms with Gasteiger partial charge in [0.15, 0.2) is 11.5 Å². The van der Waals surface area contributed by atoms with E-state index in [1.54, 1.807) is 30.3 Å². The second-order valence-corrected chi connectivity index (χ2v) is 5.87. The molecule has 0 saturated heterocycles. The first kappa shape index (κ1) is 15.9. The second-order valence-electron chi connectivity index (χ2n) is 4.92. The lowest BCUT2D eigenvalue weighted by atomic mass is 10.1. The molecule has 6 nitrogen and oxygen atoms in total. The summed E-state index contributed by atoms with van der Waals surface area (Å²) in [7, 11) is 1.33. The Bertz CT molecular complexity index is 838. The summed E-state index contributed by atoms with van der Waals surface area (Å²) in [6.07, 6.45) is 0. The third-order valence-electron chi connectivity index (χ3n) is 3.33. The Hall–Kier alpha value is -2.93. The Morgan fingerprint density at radius 2 is 2.04 bits per heavy atom. The van der Waals surface area contributed by atoms with E-state index in [0.717, 1.165) is 10.4 Å². The third-order valence-corrected chi connectivity index (χ3v) is 4.22. The Morgan fingerprint density at radius 3 is 2.71 bits per heavy atom. The molecule has 3 rings (SSSR count). The van der Waals surface area contributed by atoms with Gasteiger partial charge in [-0.3, -0.25) is 4.79 Å². The molecular formula is C17H14N2O4S. The van der Waals surface area contributed by atoms with Gasteiger partial charge in [-0.25, -0.2) is 4.79 Å². The maximum atomic E-state index is 12.1. The zero-order valence-electron chi connectivity index (χ0n) is 12.8. The minimum atomic E-state index is -0.394. The molecule has 0 spiro atoms. The van der Waals surface area contributed by atoms with Crippen LogP contribution < -0.4 is 5.32 Å². The SMILES string of the molecule is COC(=O)c1ccc(CNC(=O)c2cc(-c3cccs3)on2)cc1. The molecule has 2 aromatic heterocycles. The first-order valence-corrected chi connectivity index (χ1v) is 8.01. The van der Waals surface area contributed by atoms with Gasteiger partial charge >= 0.3 is 5.97 Å². The first-order valence-electron chi connectivity index (χ1n) is 7.13. The lowest BCUT2D eigenvalue weighted by molar-refractivity contribution is 0.0600. The van der Waals surface area contributed by atoms with Crippen molar-refractivity contribution in [2.24, 2.45) is 0 Å². The molecule has 0 saturated carbocycles. The topological polar surface area (TPSA) is 81.4 Å². The first-order chi connectivity index (χ1) is 11.7. The molecule has 0 fully saturated rings. The summed E-state index contributed by atoms with van der Waals surface area (Å²) in [6.45, 7) is 0.321. The van der Waals surface area contributed by atoms with E-state index in [2.05, 4.69) is 15.2 Å². The van der Waals surface area contributed by atoms with Crippen molar-refractivity contribution in [2.45, 2.75) is 6.54 Å². The van der Waals surface area contributed by atoms with Crippen LogP contribution in [0.25, 0.3) is 10.6 Å². The predicted molar refractivity (Wildman–Crippen MR) is 88.8 cm³/mol. The number of methoxy groups -OCH3 is 1. The van der Waals surface area contributed by atoms with E-state index >= 15 is 0 Å². The summed E-state index contributed by atoms with van der Waals surface area (Å²) in [5.74, 6) is -0.148. The Balaban J connectivity index is 1.60. The highest BCUT2D eigenvalue weighted by Gasteiger charge is 2.14. The lowest BCUT2D eigenvalue weighted by Crippen LogP contribution is -2.23. The molecule has 122 valence electrons. The fourth-order valence-electron chi connectivity index (χ4n) is 2.07. The van der Waals surface area contributed by atoms with E-state index in [1.807, 2.05) is 17.5 Å². The number of benzene rings is 1. The molecule has 0 aliphatic heterocycles. The van der Waals surface area contributed by atoms with Crippen molar-refractivity contribution in [3.05, 3.63) is 64.7 Å². The van der Waals surface area contributed by atoms with Gasteiger partial charge in [0.25, 0.3) is 5.91 Å². The van der Waals surface area contributed by atoms with E-state index in [1.165, 1.54) is 18.4 Å². The van der Waals surface area contributed by atoms with Crippen LogP contribution in [-0.2, 0) is 11.3 Å². The normalized spacial score (nSPS) is 10.4. The number of rotatable bonds is 5. The molecule has 1 amide bonds. The van der Waals surface area contributed by atoms with Gasteiger partial charge in [-0.2, -0.15) is 0 Å². The molecule has 0 radical (unpaired) electrons. The van der Waals surface area contributed by atoms with Crippen molar-refractivity contribution in [1.29, 1.82) is 0 Å². The molecule has 0 aliphatic rings. The van der Waals surface area contributed by atoms with Crippen LogP contribution in [0, 0.1) is 0 Å². The van der Waals surface area contributed by atoms with Crippen LogP contribution in [0.4, 0.5) is 0 Å². The summed E-state index contributed by atoms with van der Waals surface area (Å²) in [4.78, 5) is 24.4. The maximum absolute atomic E-state index is 12.1. The fraction of sp³-hybridized carbons (Fsp3) is 0.118. The summed E-state index contributed by atoms with van der Waals surface area (Å²) in [6, 6.07) is 12.2. The van der Waals surface area contributed by atoms with Gasteiger partial charge < -0.3 is 14.6 Å². The van der Waals surface area contributed by atoms with Crippen molar-refractivity contribution >= 4 is 23.2 Å². The number of hydrogen-bond acceptors (Lipinski definition) is 6. The van der Waals surface area contributed by atoms with Crippen LogP contribution in [0.2, 0.25) is 0 Å². The number of carbonyl (C=O) groups is 2. The molecule has 3 aromatic rings. The van der Waals surface area contributed by atoms with Gasteiger partial charge in [0.05, 0.1) is 17.6 Å². The van der Waals surface area contributed by atoms with Crippen molar-refractivity contribution in [2.75, 3.05) is 7.11 Å². The average molecular weight is 342 g/mol. The van der Waals surface area contributed by atoms with E-state index in [4.69, 9.17) is 4.52 Å². The molecular weight excluding hydrogens is 328 g/mol. The van der Waals surface area contributed by atoms with Crippen LogP contribution in [-0.4, -0.2) is 24.1 Å². The highest BCUT2D eigenvalue weighted by atomic mass is 32.1. The molecule has 1 aromatic carbocycles. The molecule has 0 atom stereocenters. The lowest BCUT2D eigenvalue weighted by Gasteiger charge is -2.04. The Kier molecular flexibility index (Phi) is 4.72. The predicted octanol–water partition coefficient (Wildman–Crippen LogP) is 3.12. The van der Waals surface area contributed by atoms with Crippen LogP contribution in [0.15, 0.2) is 52.4 Å². The van der Waals surface area contributed by atoms with Gasteiger partial charge in [-0.15, -0.1) is 11.3 Å².